The van der Waals surface area contributed by atoms with Crippen LogP contribution in [-0.4, -0.2) is 10.9 Å². The van der Waals surface area contributed by atoms with Gasteiger partial charge in [0.2, 0.25) is 5.24 Å². The minimum absolute atomic E-state index is 0.0968. The molecule has 1 aliphatic carbocycles. The maximum atomic E-state index is 13.2. The molecule has 0 aromatic carbocycles. The summed E-state index contributed by atoms with van der Waals surface area (Å²) in [7, 11) is 0. The average Bonchev–Trinajstić information content (AvgIpc) is 1.86. The molecule has 64 valence electrons. The second-order valence-corrected chi connectivity index (χ2v) is 3.86. The SMILES string of the molecule is C[C@]1(F)CC[C@@H](C(=O)Cl)CC1. The minimum Gasteiger partial charge on any atom is -0.281 e. The first-order valence-corrected chi connectivity index (χ1v) is 4.27. The van der Waals surface area contributed by atoms with Crippen molar-refractivity contribution in [3.05, 3.63) is 0 Å². The van der Waals surface area contributed by atoms with Crippen LogP contribution < -0.4 is 0 Å². The van der Waals surface area contributed by atoms with Crippen molar-refractivity contribution in [1.82, 2.24) is 0 Å². The van der Waals surface area contributed by atoms with E-state index in [0.29, 0.717) is 25.7 Å². The van der Waals surface area contributed by atoms with Crippen LogP contribution in [-0.2, 0) is 4.79 Å². The van der Waals surface area contributed by atoms with Gasteiger partial charge >= 0.3 is 0 Å². The average molecular weight is 179 g/mol. The van der Waals surface area contributed by atoms with Gasteiger partial charge in [0.1, 0.15) is 5.67 Å². The molecule has 0 radical (unpaired) electrons. The first kappa shape index (κ1) is 8.98. The quantitative estimate of drug-likeness (QED) is 0.565. The lowest BCUT2D eigenvalue weighted by Crippen LogP contribution is -2.28. The summed E-state index contributed by atoms with van der Waals surface area (Å²) < 4.78 is 13.2. The van der Waals surface area contributed by atoms with Crippen LogP contribution in [0.2, 0.25) is 0 Å². The summed E-state index contributed by atoms with van der Waals surface area (Å²) in [6.07, 6.45) is 2.15. The van der Waals surface area contributed by atoms with Crippen LogP contribution >= 0.6 is 11.6 Å². The third-order valence-electron chi connectivity index (χ3n) is 2.35. The van der Waals surface area contributed by atoms with Gasteiger partial charge in [-0.1, -0.05) is 0 Å². The van der Waals surface area contributed by atoms with Gasteiger partial charge in [-0.3, -0.25) is 4.79 Å². The number of carbonyl (C=O) groups is 1. The highest BCUT2D eigenvalue weighted by Crippen LogP contribution is 2.35. The van der Waals surface area contributed by atoms with Gasteiger partial charge in [-0.25, -0.2) is 4.39 Å². The van der Waals surface area contributed by atoms with Gasteiger partial charge in [0.15, 0.2) is 0 Å². The molecule has 1 fully saturated rings. The number of hydrogen-bond acceptors (Lipinski definition) is 1. The van der Waals surface area contributed by atoms with E-state index in [-0.39, 0.29) is 11.2 Å². The molecule has 0 heterocycles. The van der Waals surface area contributed by atoms with E-state index in [4.69, 9.17) is 11.6 Å². The van der Waals surface area contributed by atoms with Crippen molar-refractivity contribution in [3.63, 3.8) is 0 Å². The summed E-state index contributed by atoms with van der Waals surface area (Å²) in [6.45, 7) is 1.59. The summed E-state index contributed by atoms with van der Waals surface area (Å²) in [6, 6.07) is 0. The molecule has 0 unspecified atom stereocenters. The van der Waals surface area contributed by atoms with Crippen molar-refractivity contribution in [2.75, 3.05) is 0 Å². The molecule has 0 atom stereocenters. The zero-order chi connectivity index (χ0) is 8.48. The standard InChI is InChI=1S/C8H12ClFO/c1-8(10)4-2-6(3-5-8)7(9)11/h6H,2-5H2,1H3/t6-,8+. The largest absolute Gasteiger partial charge is 0.281 e. The lowest BCUT2D eigenvalue weighted by atomic mass is 9.82. The van der Waals surface area contributed by atoms with Crippen LogP contribution in [0.25, 0.3) is 0 Å². The van der Waals surface area contributed by atoms with Gasteiger partial charge in [-0.05, 0) is 44.2 Å². The number of hydrogen-bond donors (Lipinski definition) is 0. The van der Waals surface area contributed by atoms with E-state index < -0.39 is 5.67 Å². The zero-order valence-corrected chi connectivity index (χ0v) is 7.33. The summed E-state index contributed by atoms with van der Waals surface area (Å²) in [5, 5.41) is -0.305. The Kier molecular flexibility index (Phi) is 2.53. The fourth-order valence-electron chi connectivity index (χ4n) is 1.45. The van der Waals surface area contributed by atoms with Gasteiger partial charge < -0.3 is 0 Å². The predicted molar refractivity (Wildman–Crippen MR) is 42.3 cm³/mol. The summed E-state index contributed by atoms with van der Waals surface area (Å²) in [5.41, 5.74) is -1.07. The molecule has 0 amide bonds. The van der Waals surface area contributed by atoms with E-state index in [0.717, 1.165) is 0 Å². The Balaban J connectivity index is 2.42. The van der Waals surface area contributed by atoms with Crippen LogP contribution in [0.15, 0.2) is 0 Å². The molecule has 3 heteroatoms. The second-order valence-electron chi connectivity index (χ2n) is 3.49. The molecule has 0 N–H and O–H groups in total. The lowest BCUT2D eigenvalue weighted by molar-refractivity contribution is -0.116. The van der Waals surface area contributed by atoms with Crippen LogP contribution in [0.3, 0.4) is 0 Å². The highest BCUT2D eigenvalue weighted by atomic mass is 35.5. The van der Waals surface area contributed by atoms with Crippen molar-refractivity contribution >= 4 is 16.8 Å². The molecule has 1 saturated carbocycles. The second kappa shape index (κ2) is 3.10. The highest BCUT2D eigenvalue weighted by molar-refractivity contribution is 6.63. The molecule has 0 aliphatic heterocycles. The first-order chi connectivity index (χ1) is 5.01. The molecule has 1 nitrogen and oxygen atoms in total. The molecule has 0 aromatic heterocycles. The minimum atomic E-state index is -1.07. The molecule has 0 spiro atoms. The first-order valence-electron chi connectivity index (χ1n) is 3.89. The maximum Gasteiger partial charge on any atom is 0.224 e. The van der Waals surface area contributed by atoms with Crippen molar-refractivity contribution < 1.29 is 9.18 Å². The Bertz CT molecular complexity index is 157. The topological polar surface area (TPSA) is 17.1 Å². The fourth-order valence-corrected chi connectivity index (χ4v) is 1.66. The molecular weight excluding hydrogens is 167 g/mol. The fraction of sp³-hybridized carbons (Fsp3) is 0.875. The molecule has 0 aromatic rings. The van der Waals surface area contributed by atoms with Crippen molar-refractivity contribution in [3.8, 4) is 0 Å². The van der Waals surface area contributed by atoms with E-state index >= 15 is 0 Å². The van der Waals surface area contributed by atoms with Crippen molar-refractivity contribution in [1.29, 1.82) is 0 Å². The molecule has 1 rings (SSSR count). The van der Waals surface area contributed by atoms with Crippen LogP contribution in [0.4, 0.5) is 4.39 Å². The zero-order valence-electron chi connectivity index (χ0n) is 6.57. The molecule has 0 saturated heterocycles. The Morgan fingerprint density at radius 2 is 2.00 bits per heavy atom. The molecule has 0 bridgehead atoms. The van der Waals surface area contributed by atoms with Gasteiger partial charge in [0.05, 0.1) is 0 Å². The summed E-state index contributed by atoms with van der Waals surface area (Å²) in [5.74, 6) is -0.0968. The maximum absolute atomic E-state index is 13.2. The van der Waals surface area contributed by atoms with Gasteiger partial charge in [0.25, 0.3) is 0 Å². The molecule has 11 heavy (non-hydrogen) atoms. The smallest absolute Gasteiger partial charge is 0.224 e. The Morgan fingerprint density at radius 3 is 2.36 bits per heavy atom. The van der Waals surface area contributed by atoms with Crippen LogP contribution in [0.5, 0.6) is 0 Å². The van der Waals surface area contributed by atoms with Crippen LogP contribution in [0, 0.1) is 5.92 Å². The monoisotopic (exact) mass is 178 g/mol. The van der Waals surface area contributed by atoms with Crippen LogP contribution in [0.1, 0.15) is 32.6 Å². The highest BCUT2D eigenvalue weighted by Gasteiger charge is 2.32. The van der Waals surface area contributed by atoms with Gasteiger partial charge in [-0.15, -0.1) is 0 Å². The van der Waals surface area contributed by atoms with E-state index in [1.165, 1.54) is 0 Å². The van der Waals surface area contributed by atoms with Crippen molar-refractivity contribution in [2.45, 2.75) is 38.3 Å². The van der Waals surface area contributed by atoms with E-state index in [2.05, 4.69) is 0 Å². The number of carbonyl (C=O) groups excluding carboxylic acids is 1. The van der Waals surface area contributed by atoms with E-state index in [1.807, 2.05) is 0 Å². The van der Waals surface area contributed by atoms with E-state index in [1.54, 1.807) is 6.92 Å². The third kappa shape index (κ3) is 2.44. The normalized spacial score (nSPS) is 38.6. The molecular formula is C8H12ClFO. The number of rotatable bonds is 1. The Labute approximate surface area is 70.9 Å². The summed E-state index contributed by atoms with van der Waals surface area (Å²) >= 11 is 5.29. The lowest BCUT2D eigenvalue weighted by Gasteiger charge is -2.28. The molecule has 1 aliphatic rings. The number of alkyl halides is 1. The summed E-state index contributed by atoms with van der Waals surface area (Å²) in [4.78, 5) is 10.7. The number of halogens is 2. The van der Waals surface area contributed by atoms with Crippen molar-refractivity contribution in [2.24, 2.45) is 5.92 Å². The Morgan fingerprint density at radius 1 is 1.55 bits per heavy atom. The Hall–Kier alpha value is -0.110. The third-order valence-corrected chi connectivity index (χ3v) is 2.66. The van der Waals surface area contributed by atoms with Gasteiger partial charge in [-0.2, -0.15) is 0 Å². The van der Waals surface area contributed by atoms with E-state index in [9.17, 15) is 9.18 Å². The van der Waals surface area contributed by atoms with Gasteiger partial charge in [0, 0.05) is 5.92 Å². The predicted octanol–water partition coefficient (Wildman–Crippen LogP) is 2.67.